The molecular weight excluding hydrogens is 380 g/mol. The minimum Gasteiger partial charge on any atom is -0.435 e. The Labute approximate surface area is 147 Å². The summed E-state index contributed by atoms with van der Waals surface area (Å²) in [5.41, 5.74) is 7.13. The predicted octanol–water partition coefficient (Wildman–Crippen LogP) is 3.55. The minimum atomic E-state index is -2.85. The van der Waals surface area contributed by atoms with Gasteiger partial charge in [-0.1, -0.05) is 40.2 Å². The smallest absolute Gasteiger partial charge is 0.387 e. The molecule has 0 bridgehead atoms. The van der Waals surface area contributed by atoms with E-state index < -0.39 is 12.2 Å². The lowest BCUT2D eigenvalue weighted by Crippen LogP contribution is -2.34. The molecule has 2 aromatic rings. The number of hydrogen-bond acceptors (Lipinski definition) is 4. The molecule has 2 aromatic carbocycles. The Morgan fingerprint density at radius 3 is 2.46 bits per heavy atom. The van der Waals surface area contributed by atoms with Gasteiger partial charge in [-0.25, -0.2) is 4.99 Å². The van der Waals surface area contributed by atoms with Crippen molar-refractivity contribution < 1.29 is 13.5 Å². The van der Waals surface area contributed by atoms with Gasteiger partial charge in [0.1, 0.15) is 11.3 Å². The molecule has 126 valence electrons. The van der Waals surface area contributed by atoms with Gasteiger partial charge in [0.15, 0.2) is 5.96 Å². The van der Waals surface area contributed by atoms with Crippen LogP contribution in [0.3, 0.4) is 0 Å². The lowest BCUT2D eigenvalue weighted by Gasteiger charge is -2.28. The molecule has 1 aliphatic rings. The summed E-state index contributed by atoms with van der Waals surface area (Å²) in [6, 6.07) is 14.4. The quantitative estimate of drug-likeness (QED) is 0.860. The van der Waals surface area contributed by atoms with E-state index in [0.29, 0.717) is 12.5 Å². The standard InChI is InChI=1S/C17H16BrF2N3O/c1-23-10-17(22-16(23)21,12-3-2-4-13(18)9-12)11-5-7-14(8-6-11)24-15(19)20/h2-9,15H,10H2,1H3,(H2,21,22)/t17-/m1/s1. The van der Waals surface area contributed by atoms with E-state index in [1.54, 1.807) is 12.1 Å². The molecule has 0 spiro atoms. The average molecular weight is 396 g/mol. The second-order valence-electron chi connectivity index (χ2n) is 5.60. The van der Waals surface area contributed by atoms with E-state index in [1.165, 1.54) is 12.1 Å². The molecule has 2 N–H and O–H groups in total. The van der Waals surface area contributed by atoms with E-state index in [0.717, 1.165) is 15.6 Å². The zero-order valence-electron chi connectivity index (χ0n) is 12.9. The predicted molar refractivity (Wildman–Crippen MR) is 92.2 cm³/mol. The van der Waals surface area contributed by atoms with Gasteiger partial charge in [-0.05, 0) is 35.4 Å². The number of rotatable bonds is 4. The Kier molecular flexibility index (Phi) is 4.45. The number of halogens is 3. The normalized spacial score (nSPS) is 20.4. The lowest BCUT2D eigenvalue weighted by molar-refractivity contribution is -0.0498. The fourth-order valence-corrected chi connectivity index (χ4v) is 3.28. The van der Waals surface area contributed by atoms with Crippen LogP contribution < -0.4 is 10.5 Å². The molecule has 0 saturated heterocycles. The molecule has 0 radical (unpaired) electrons. The van der Waals surface area contributed by atoms with Gasteiger partial charge in [-0.15, -0.1) is 0 Å². The van der Waals surface area contributed by atoms with E-state index in [4.69, 9.17) is 5.73 Å². The van der Waals surface area contributed by atoms with Crippen molar-refractivity contribution in [2.75, 3.05) is 13.6 Å². The molecule has 4 nitrogen and oxygen atoms in total. The third-order valence-electron chi connectivity index (χ3n) is 4.02. The molecule has 1 atom stereocenters. The first kappa shape index (κ1) is 16.7. The number of hydrogen-bond donors (Lipinski definition) is 1. The summed E-state index contributed by atoms with van der Waals surface area (Å²) in [6.07, 6.45) is 0. The highest BCUT2D eigenvalue weighted by Crippen LogP contribution is 2.39. The van der Waals surface area contributed by atoms with Gasteiger partial charge >= 0.3 is 6.61 Å². The maximum absolute atomic E-state index is 12.3. The Bertz CT molecular complexity index is 767. The van der Waals surface area contributed by atoms with Gasteiger partial charge < -0.3 is 15.4 Å². The van der Waals surface area contributed by atoms with Crippen molar-refractivity contribution in [3.63, 3.8) is 0 Å². The molecule has 0 saturated carbocycles. The molecule has 0 aromatic heterocycles. The van der Waals surface area contributed by atoms with Gasteiger partial charge in [0.05, 0.1) is 6.54 Å². The van der Waals surface area contributed by atoms with Crippen LogP contribution in [0.1, 0.15) is 11.1 Å². The summed E-state index contributed by atoms with van der Waals surface area (Å²) in [5, 5.41) is 0. The zero-order valence-corrected chi connectivity index (χ0v) is 14.5. The molecule has 1 aliphatic heterocycles. The fraction of sp³-hybridized carbons (Fsp3) is 0.235. The van der Waals surface area contributed by atoms with Crippen molar-refractivity contribution in [3.05, 3.63) is 64.1 Å². The fourth-order valence-electron chi connectivity index (χ4n) is 2.88. The van der Waals surface area contributed by atoms with E-state index in [1.807, 2.05) is 36.2 Å². The van der Waals surface area contributed by atoms with E-state index >= 15 is 0 Å². The number of nitrogens with two attached hydrogens (primary N) is 1. The zero-order chi connectivity index (χ0) is 17.3. The Balaban J connectivity index is 2.07. The summed E-state index contributed by atoms with van der Waals surface area (Å²) < 4.78 is 30.0. The van der Waals surface area contributed by atoms with E-state index in [2.05, 4.69) is 25.7 Å². The maximum atomic E-state index is 12.3. The first-order valence-corrected chi connectivity index (χ1v) is 8.08. The first-order valence-electron chi connectivity index (χ1n) is 7.28. The summed E-state index contributed by atoms with van der Waals surface area (Å²) >= 11 is 3.48. The number of ether oxygens (including phenoxy) is 1. The van der Waals surface area contributed by atoms with Crippen molar-refractivity contribution in [2.45, 2.75) is 12.2 Å². The molecular formula is C17H16BrF2N3O. The number of nitrogens with zero attached hydrogens (tertiary/aromatic N) is 2. The second-order valence-corrected chi connectivity index (χ2v) is 6.52. The van der Waals surface area contributed by atoms with Crippen LogP contribution in [0, 0.1) is 0 Å². The van der Waals surface area contributed by atoms with Crippen LogP contribution in [0.2, 0.25) is 0 Å². The monoisotopic (exact) mass is 395 g/mol. The summed E-state index contributed by atoms with van der Waals surface area (Å²) in [4.78, 5) is 6.55. The van der Waals surface area contributed by atoms with Crippen molar-refractivity contribution in [3.8, 4) is 5.75 Å². The van der Waals surface area contributed by atoms with Crippen molar-refractivity contribution in [1.29, 1.82) is 0 Å². The van der Waals surface area contributed by atoms with E-state index in [9.17, 15) is 8.78 Å². The van der Waals surface area contributed by atoms with Crippen LogP contribution in [-0.2, 0) is 5.54 Å². The maximum Gasteiger partial charge on any atom is 0.387 e. The molecule has 1 heterocycles. The van der Waals surface area contributed by atoms with Crippen LogP contribution in [0.25, 0.3) is 0 Å². The van der Waals surface area contributed by atoms with Gasteiger partial charge in [0, 0.05) is 11.5 Å². The van der Waals surface area contributed by atoms with Gasteiger partial charge in [-0.3, -0.25) is 0 Å². The van der Waals surface area contributed by atoms with Crippen molar-refractivity contribution in [1.82, 2.24) is 4.90 Å². The summed E-state index contributed by atoms with van der Waals surface area (Å²) in [5.74, 6) is 0.546. The topological polar surface area (TPSA) is 50.8 Å². The third kappa shape index (κ3) is 3.08. The minimum absolute atomic E-state index is 0.112. The number of benzene rings is 2. The van der Waals surface area contributed by atoms with Crippen LogP contribution in [-0.4, -0.2) is 31.1 Å². The second kappa shape index (κ2) is 6.39. The highest BCUT2D eigenvalue weighted by molar-refractivity contribution is 9.10. The van der Waals surface area contributed by atoms with Crippen LogP contribution >= 0.6 is 15.9 Å². The molecule has 0 unspecified atom stereocenters. The highest BCUT2D eigenvalue weighted by Gasteiger charge is 2.40. The Hall–Kier alpha value is -2.15. The van der Waals surface area contributed by atoms with Crippen molar-refractivity contribution >= 4 is 21.9 Å². The Morgan fingerprint density at radius 1 is 1.21 bits per heavy atom. The first-order chi connectivity index (χ1) is 11.4. The van der Waals surface area contributed by atoms with Crippen molar-refractivity contribution in [2.24, 2.45) is 10.7 Å². The largest absolute Gasteiger partial charge is 0.435 e. The van der Waals surface area contributed by atoms with Gasteiger partial charge in [-0.2, -0.15) is 8.78 Å². The molecule has 7 heteroatoms. The number of guanidine groups is 1. The number of aliphatic imine (C=N–C) groups is 1. The SMILES string of the molecule is CN1C[C@@](c2ccc(OC(F)F)cc2)(c2cccc(Br)c2)N=C1N. The van der Waals surface area contributed by atoms with Gasteiger partial charge in [0.2, 0.25) is 0 Å². The molecule has 24 heavy (non-hydrogen) atoms. The summed E-state index contributed by atoms with van der Waals surface area (Å²) in [6.45, 7) is -2.29. The lowest BCUT2D eigenvalue weighted by atomic mass is 9.83. The summed E-state index contributed by atoms with van der Waals surface area (Å²) in [7, 11) is 1.87. The van der Waals surface area contributed by atoms with Crippen LogP contribution in [0.15, 0.2) is 58.0 Å². The number of likely N-dealkylation sites (N-methyl/N-ethyl adjacent to an activating group) is 1. The molecule has 0 aliphatic carbocycles. The average Bonchev–Trinajstić information content (AvgIpc) is 2.84. The molecule has 0 amide bonds. The van der Waals surface area contributed by atoms with E-state index in [-0.39, 0.29) is 5.75 Å². The van der Waals surface area contributed by atoms with Crippen LogP contribution in [0.4, 0.5) is 8.78 Å². The third-order valence-corrected chi connectivity index (χ3v) is 4.51. The van der Waals surface area contributed by atoms with Gasteiger partial charge in [0.25, 0.3) is 0 Å². The van der Waals surface area contributed by atoms with Crippen LogP contribution in [0.5, 0.6) is 5.75 Å². The Morgan fingerprint density at radius 2 is 1.92 bits per heavy atom. The molecule has 0 fully saturated rings. The number of alkyl halides is 2. The highest BCUT2D eigenvalue weighted by atomic mass is 79.9. The molecule has 3 rings (SSSR count).